The van der Waals surface area contributed by atoms with Gasteiger partial charge in [-0.2, -0.15) is 0 Å². The second kappa shape index (κ2) is 22.1. The molecule has 0 aliphatic heterocycles. The number of carbonyl (C=O) groups is 2. The van der Waals surface area contributed by atoms with E-state index in [-0.39, 0.29) is 11.9 Å². The van der Waals surface area contributed by atoms with Crippen LogP contribution in [0, 0.1) is 11.8 Å². The molecule has 4 nitrogen and oxygen atoms in total. The van der Waals surface area contributed by atoms with Crippen LogP contribution in [0.25, 0.3) is 0 Å². The predicted molar refractivity (Wildman–Crippen MR) is 130 cm³/mol. The Balaban J connectivity index is 3.95. The molecule has 184 valence electrons. The van der Waals surface area contributed by atoms with Gasteiger partial charge in [0.15, 0.2) is 0 Å². The molecule has 0 fully saturated rings. The highest BCUT2D eigenvalue weighted by Gasteiger charge is 2.18. The first-order valence-electron chi connectivity index (χ1n) is 13.4. The van der Waals surface area contributed by atoms with Gasteiger partial charge in [-0.25, -0.2) is 0 Å². The largest absolute Gasteiger partial charge is 0.465 e. The Bertz CT molecular complexity index is 383. The second-order valence-corrected chi connectivity index (χ2v) is 9.19. The summed E-state index contributed by atoms with van der Waals surface area (Å²) in [5.41, 5.74) is 0. The van der Waals surface area contributed by atoms with Crippen molar-refractivity contribution in [3.8, 4) is 0 Å². The third-order valence-electron chi connectivity index (χ3n) is 6.25. The average molecular weight is 441 g/mol. The van der Waals surface area contributed by atoms with Crippen LogP contribution in [0.1, 0.15) is 137 Å². The molecular formula is C27H52O4. The van der Waals surface area contributed by atoms with Gasteiger partial charge in [-0.05, 0) is 31.1 Å². The molecule has 0 aromatic heterocycles. The van der Waals surface area contributed by atoms with Crippen molar-refractivity contribution in [2.24, 2.45) is 11.8 Å². The monoisotopic (exact) mass is 440 g/mol. The number of unbranched alkanes of at least 4 members (excludes halogenated alkanes) is 10. The van der Waals surface area contributed by atoms with Crippen molar-refractivity contribution < 1.29 is 19.1 Å². The summed E-state index contributed by atoms with van der Waals surface area (Å²) >= 11 is 0. The first-order valence-corrected chi connectivity index (χ1v) is 13.4. The number of rotatable bonds is 22. The van der Waals surface area contributed by atoms with Gasteiger partial charge in [0.2, 0.25) is 0 Å². The molecule has 0 spiro atoms. The van der Waals surface area contributed by atoms with E-state index in [0.29, 0.717) is 37.9 Å². The van der Waals surface area contributed by atoms with Crippen molar-refractivity contribution in [2.75, 3.05) is 13.2 Å². The Hall–Kier alpha value is -1.06. The Morgan fingerprint density at radius 2 is 0.903 bits per heavy atom. The maximum absolute atomic E-state index is 12.0. The number of hydrogen-bond acceptors (Lipinski definition) is 4. The van der Waals surface area contributed by atoms with Crippen LogP contribution in [0.4, 0.5) is 0 Å². The summed E-state index contributed by atoms with van der Waals surface area (Å²) in [5.74, 6) is 0.561. The average Bonchev–Trinajstić information content (AvgIpc) is 2.78. The summed E-state index contributed by atoms with van der Waals surface area (Å²) < 4.78 is 11.1. The zero-order valence-corrected chi connectivity index (χ0v) is 21.2. The highest BCUT2D eigenvalue weighted by Crippen LogP contribution is 2.20. The molecule has 2 atom stereocenters. The van der Waals surface area contributed by atoms with E-state index in [1.54, 1.807) is 0 Å². The van der Waals surface area contributed by atoms with E-state index in [1.807, 2.05) is 0 Å². The van der Waals surface area contributed by atoms with Crippen LogP contribution in [0.3, 0.4) is 0 Å². The Morgan fingerprint density at radius 3 is 1.26 bits per heavy atom. The molecule has 0 amide bonds. The minimum atomic E-state index is -0.0626. The van der Waals surface area contributed by atoms with E-state index >= 15 is 0 Å². The lowest BCUT2D eigenvalue weighted by atomic mass is 9.92. The van der Waals surface area contributed by atoms with Crippen LogP contribution < -0.4 is 0 Å². The molecule has 0 saturated carbocycles. The number of esters is 2. The summed E-state index contributed by atoms with van der Waals surface area (Å²) in [5, 5.41) is 0. The lowest BCUT2D eigenvalue weighted by molar-refractivity contribution is -0.145. The highest BCUT2D eigenvalue weighted by molar-refractivity contribution is 5.69. The zero-order chi connectivity index (χ0) is 23.2. The van der Waals surface area contributed by atoms with Crippen LogP contribution in [0.2, 0.25) is 0 Å². The molecule has 0 aliphatic carbocycles. The van der Waals surface area contributed by atoms with Crippen molar-refractivity contribution in [3.63, 3.8) is 0 Å². The SMILES string of the molecule is CCCCCCCCC(=O)OCC(CC)CC(CC)COC(=O)CCCCCCCC. The van der Waals surface area contributed by atoms with E-state index in [4.69, 9.17) is 9.47 Å². The number of carbonyl (C=O) groups excluding carboxylic acids is 2. The summed E-state index contributed by atoms with van der Waals surface area (Å²) in [6, 6.07) is 0. The minimum absolute atomic E-state index is 0.0626. The van der Waals surface area contributed by atoms with Crippen LogP contribution >= 0.6 is 0 Å². The second-order valence-electron chi connectivity index (χ2n) is 9.19. The molecule has 2 unspecified atom stereocenters. The topological polar surface area (TPSA) is 52.6 Å². The van der Waals surface area contributed by atoms with Gasteiger partial charge < -0.3 is 9.47 Å². The Morgan fingerprint density at radius 1 is 0.548 bits per heavy atom. The number of ether oxygens (including phenoxy) is 2. The summed E-state index contributed by atoms with van der Waals surface area (Å²) in [7, 11) is 0. The molecule has 0 radical (unpaired) electrons. The fourth-order valence-electron chi connectivity index (χ4n) is 3.84. The Kier molecular flexibility index (Phi) is 21.4. The van der Waals surface area contributed by atoms with Gasteiger partial charge in [-0.1, -0.05) is 105 Å². The van der Waals surface area contributed by atoms with E-state index in [2.05, 4.69) is 27.7 Å². The van der Waals surface area contributed by atoms with E-state index in [9.17, 15) is 9.59 Å². The molecular weight excluding hydrogens is 388 g/mol. The van der Waals surface area contributed by atoms with E-state index in [0.717, 1.165) is 44.9 Å². The fourth-order valence-corrected chi connectivity index (χ4v) is 3.84. The first-order chi connectivity index (χ1) is 15.1. The summed E-state index contributed by atoms with van der Waals surface area (Å²) in [6.45, 7) is 9.70. The Labute approximate surface area is 193 Å². The van der Waals surface area contributed by atoms with Crippen LogP contribution in [-0.2, 0) is 19.1 Å². The lowest BCUT2D eigenvalue weighted by Gasteiger charge is -2.21. The van der Waals surface area contributed by atoms with Crippen LogP contribution in [-0.4, -0.2) is 25.2 Å². The molecule has 0 aromatic carbocycles. The van der Waals surface area contributed by atoms with Crippen molar-refractivity contribution in [2.45, 2.75) is 137 Å². The highest BCUT2D eigenvalue weighted by atomic mass is 16.5. The number of hydrogen-bond donors (Lipinski definition) is 0. The van der Waals surface area contributed by atoms with Gasteiger partial charge in [0, 0.05) is 12.8 Å². The zero-order valence-electron chi connectivity index (χ0n) is 21.2. The third kappa shape index (κ3) is 19.4. The molecule has 0 rings (SSSR count). The van der Waals surface area contributed by atoms with Gasteiger partial charge in [0.05, 0.1) is 13.2 Å². The quantitative estimate of drug-likeness (QED) is 0.126. The molecule has 4 heteroatoms. The van der Waals surface area contributed by atoms with Gasteiger partial charge in [-0.15, -0.1) is 0 Å². The first kappa shape index (κ1) is 29.9. The molecule has 0 N–H and O–H groups in total. The van der Waals surface area contributed by atoms with Crippen molar-refractivity contribution in [1.82, 2.24) is 0 Å². The molecule has 0 heterocycles. The molecule has 31 heavy (non-hydrogen) atoms. The van der Waals surface area contributed by atoms with Crippen molar-refractivity contribution in [3.05, 3.63) is 0 Å². The fraction of sp³-hybridized carbons (Fsp3) is 0.926. The van der Waals surface area contributed by atoms with E-state index < -0.39 is 0 Å². The van der Waals surface area contributed by atoms with Gasteiger partial charge >= 0.3 is 11.9 Å². The normalized spacial score (nSPS) is 13.0. The van der Waals surface area contributed by atoms with E-state index in [1.165, 1.54) is 51.4 Å². The summed E-state index contributed by atoms with van der Waals surface area (Å²) in [6.07, 6.45) is 18.1. The van der Waals surface area contributed by atoms with Crippen molar-refractivity contribution >= 4 is 11.9 Å². The maximum Gasteiger partial charge on any atom is 0.305 e. The maximum atomic E-state index is 12.0. The third-order valence-corrected chi connectivity index (χ3v) is 6.25. The lowest BCUT2D eigenvalue weighted by Crippen LogP contribution is -2.20. The molecule has 0 bridgehead atoms. The standard InChI is InChI=1S/C27H52O4/c1-5-9-11-13-15-17-19-26(28)30-22-24(7-3)21-25(8-4)23-31-27(29)20-18-16-14-12-10-6-2/h24-25H,5-23H2,1-4H3. The smallest absolute Gasteiger partial charge is 0.305 e. The minimum Gasteiger partial charge on any atom is -0.465 e. The summed E-state index contributed by atoms with van der Waals surface area (Å²) in [4.78, 5) is 24.0. The van der Waals surface area contributed by atoms with Crippen molar-refractivity contribution in [1.29, 1.82) is 0 Å². The molecule has 0 aliphatic rings. The van der Waals surface area contributed by atoms with Gasteiger partial charge in [-0.3, -0.25) is 9.59 Å². The molecule has 0 aromatic rings. The van der Waals surface area contributed by atoms with Gasteiger partial charge in [0.25, 0.3) is 0 Å². The predicted octanol–water partition coefficient (Wildman–Crippen LogP) is 8.02. The molecule has 0 saturated heterocycles. The van der Waals surface area contributed by atoms with Crippen LogP contribution in [0.15, 0.2) is 0 Å². The van der Waals surface area contributed by atoms with Gasteiger partial charge in [0.1, 0.15) is 0 Å². The van der Waals surface area contributed by atoms with Crippen LogP contribution in [0.5, 0.6) is 0 Å².